The first-order valence-electron chi connectivity index (χ1n) is 4.69. The Hall–Kier alpha value is 0.350. The van der Waals surface area contributed by atoms with Gasteiger partial charge in [0.05, 0.1) is 18.5 Å². The molecule has 0 aromatic heterocycles. The highest BCUT2D eigenvalue weighted by atomic mass is 79.9. The zero-order valence-electron chi connectivity index (χ0n) is 8.71. The summed E-state index contributed by atoms with van der Waals surface area (Å²) in [5, 5.41) is 1.32. The van der Waals surface area contributed by atoms with Crippen molar-refractivity contribution in [3.8, 4) is 0 Å². The van der Waals surface area contributed by atoms with E-state index in [1.54, 1.807) is 0 Å². The molecule has 0 bridgehead atoms. The maximum atomic E-state index is 10.6. The summed E-state index contributed by atoms with van der Waals surface area (Å²) in [4.78, 5) is 10.6. The van der Waals surface area contributed by atoms with Gasteiger partial charge in [-0.25, -0.2) is 0 Å². The van der Waals surface area contributed by atoms with Crippen molar-refractivity contribution in [2.75, 3.05) is 30.5 Å². The van der Waals surface area contributed by atoms with Gasteiger partial charge in [0.2, 0.25) is 6.29 Å². The third-order valence-electron chi connectivity index (χ3n) is 1.38. The number of ether oxygens (including phenoxy) is 3. The minimum atomic E-state index is -0.501. The van der Waals surface area contributed by atoms with Crippen LogP contribution in [0.4, 0.5) is 0 Å². The molecule has 0 saturated carbocycles. The molecule has 0 amide bonds. The summed E-state index contributed by atoms with van der Waals surface area (Å²) in [5.41, 5.74) is 0. The highest BCUT2D eigenvalue weighted by Crippen LogP contribution is 2.01. The minimum absolute atomic E-state index is 0.338. The Kier molecular flexibility index (Phi) is 11.1. The number of carbonyl (C=O) groups is 1. The Labute approximate surface area is 107 Å². The number of rotatable bonds is 9. The van der Waals surface area contributed by atoms with Crippen LogP contribution in [0.5, 0.6) is 0 Å². The highest BCUT2D eigenvalue weighted by molar-refractivity contribution is 9.09. The fourth-order valence-corrected chi connectivity index (χ4v) is 1.38. The molecular formula is C9H16Br2O4. The summed E-state index contributed by atoms with van der Waals surface area (Å²) in [5.74, 6) is -0.338. The molecule has 4 nitrogen and oxygen atoms in total. The van der Waals surface area contributed by atoms with Gasteiger partial charge < -0.3 is 14.2 Å². The van der Waals surface area contributed by atoms with Crippen molar-refractivity contribution in [1.82, 2.24) is 0 Å². The van der Waals surface area contributed by atoms with E-state index in [0.29, 0.717) is 25.2 Å². The van der Waals surface area contributed by atoms with Crippen LogP contribution in [0.1, 0.15) is 13.3 Å². The lowest BCUT2D eigenvalue weighted by atomic mass is 10.5. The Morgan fingerprint density at radius 3 is 2.53 bits per heavy atom. The summed E-state index contributed by atoms with van der Waals surface area (Å²) in [6.07, 6.45) is 0.288. The van der Waals surface area contributed by atoms with E-state index in [2.05, 4.69) is 31.9 Å². The van der Waals surface area contributed by atoms with Crippen LogP contribution in [0.25, 0.3) is 0 Å². The van der Waals surface area contributed by atoms with Crippen molar-refractivity contribution in [2.45, 2.75) is 19.6 Å². The van der Waals surface area contributed by atoms with E-state index in [1.165, 1.54) is 6.92 Å². The van der Waals surface area contributed by atoms with Gasteiger partial charge in [0, 0.05) is 18.9 Å². The molecule has 15 heavy (non-hydrogen) atoms. The predicted octanol–water partition coefficient (Wildman–Crippen LogP) is 2.09. The molecule has 0 heterocycles. The van der Waals surface area contributed by atoms with Gasteiger partial charge in [-0.2, -0.15) is 0 Å². The normalized spacial score (nSPS) is 12.5. The largest absolute Gasteiger partial charge is 0.435 e. The first-order chi connectivity index (χ1) is 7.20. The number of hydrogen-bond donors (Lipinski definition) is 0. The fraction of sp³-hybridized carbons (Fsp3) is 0.889. The second kappa shape index (κ2) is 10.9. The van der Waals surface area contributed by atoms with E-state index in [1.807, 2.05) is 0 Å². The smallest absolute Gasteiger partial charge is 0.304 e. The Balaban J connectivity index is 3.34. The third-order valence-corrected chi connectivity index (χ3v) is 2.23. The molecule has 6 heteroatoms. The lowest BCUT2D eigenvalue weighted by molar-refractivity contribution is -0.171. The molecule has 0 radical (unpaired) electrons. The first-order valence-corrected chi connectivity index (χ1v) is 6.93. The monoisotopic (exact) mass is 346 g/mol. The van der Waals surface area contributed by atoms with E-state index < -0.39 is 6.29 Å². The van der Waals surface area contributed by atoms with Crippen molar-refractivity contribution in [1.29, 1.82) is 0 Å². The minimum Gasteiger partial charge on any atom is -0.435 e. The van der Waals surface area contributed by atoms with E-state index in [9.17, 15) is 4.79 Å². The molecular weight excluding hydrogens is 332 g/mol. The van der Waals surface area contributed by atoms with Crippen LogP contribution in [0.15, 0.2) is 0 Å². The molecule has 0 fully saturated rings. The number of halogens is 2. The van der Waals surface area contributed by atoms with Gasteiger partial charge in [-0.3, -0.25) is 4.79 Å². The van der Waals surface area contributed by atoms with Crippen LogP contribution in [-0.2, 0) is 19.0 Å². The summed E-state index contributed by atoms with van der Waals surface area (Å²) < 4.78 is 15.4. The zero-order chi connectivity index (χ0) is 11.5. The van der Waals surface area contributed by atoms with Crippen LogP contribution in [0, 0.1) is 0 Å². The molecule has 0 spiro atoms. The van der Waals surface area contributed by atoms with Crippen molar-refractivity contribution in [3.63, 3.8) is 0 Å². The SMILES string of the molecule is CC(=O)OC(CBr)OCCCOCCBr. The van der Waals surface area contributed by atoms with E-state index in [4.69, 9.17) is 14.2 Å². The number of hydrogen-bond acceptors (Lipinski definition) is 4. The van der Waals surface area contributed by atoms with Gasteiger partial charge in [0.25, 0.3) is 0 Å². The molecule has 0 N–H and O–H groups in total. The number of alkyl halides is 2. The summed E-state index contributed by atoms with van der Waals surface area (Å²) in [7, 11) is 0. The summed E-state index contributed by atoms with van der Waals surface area (Å²) in [6.45, 7) is 3.23. The van der Waals surface area contributed by atoms with Gasteiger partial charge >= 0.3 is 5.97 Å². The van der Waals surface area contributed by atoms with Gasteiger partial charge in [-0.05, 0) is 6.42 Å². The number of carbonyl (C=O) groups excluding carboxylic acids is 1. The fourth-order valence-electron chi connectivity index (χ4n) is 0.828. The molecule has 1 unspecified atom stereocenters. The second-order valence-electron chi connectivity index (χ2n) is 2.72. The van der Waals surface area contributed by atoms with Crippen LogP contribution in [0.3, 0.4) is 0 Å². The standard InChI is InChI=1S/C9H16Br2O4/c1-8(12)15-9(7-11)14-5-2-4-13-6-3-10/h9H,2-7H2,1H3. The van der Waals surface area contributed by atoms with Gasteiger partial charge in [-0.1, -0.05) is 31.9 Å². The van der Waals surface area contributed by atoms with Crippen LogP contribution < -0.4 is 0 Å². The van der Waals surface area contributed by atoms with E-state index in [-0.39, 0.29) is 5.97 Å². The first kappa shape index (κ1) is 15.3. The van der Waals surface area contributed by atoms with Gasteiger partial charge in [0.15, 0.2) is 0 Å². The maximum absolute atomic E-state index is 10.6. The quantitative estimate of drug-likeness (QED) is 0.277. The summed E-state index contributed by atoms with van der Waals surface area (Å²) in [6, 6.07) is 0. The van der Waals surface area contributed by atoms with Crippen LogP contribution in [-0.4, -0.2) is 42.7 Å². The molecule has 90 valence electrons. The van der Waals surface area contributed by atoms with E-state index in [0.717, 1.165) is 11.8 Å². The molecule has 0 aromatic carbocycles. The van der Waals surface area contributed by atoms with Crippen molar-refractivity contribution in [3.05, 3.63) is 0 Å². The lowest BCUT2D eigenvalue weighted by Gasteiger charge is -2.14. The average molecular weight is 348 g/mol. The summed E-state index contributed by atoms with van der Waals surface area (Å²) >= 11 is 6.46. The molecule has 1 atom stereocenters. The number of esters is 1. The maximum Gasteiger partial charge on any atom is 0.304 e. The van der Waals surface area contributed by atoms with Gasteiger partial charge in [-0.15, -0.1) is 0 Å². The molecule has 0 aliphatic rings. The Morgan fingerprint density at radius 1 is 1.27 bits per heavy atom. The van der Waals surface area contributed by atoms with Crippen molar-refractivity contribution >= 4 is 37.8 Å². The highest BCUT2D eigenvalue weighted by Gasteiger charge is 2.09. The molecule has 0 aromatic rings. The Morgan fingerprint density at radius 2 is 2.00 bits per heavy atom. The van der Waals surface area contributed by atoms with Crippen LogP contribution in [0.2, 0.25) is 0 Å². The van der Waals surface area contributed by atoms with E-state index >= 15 is 0 Å². The third kappa shape index (κ3) is 10.6. The topological polar surface area (TPSA) is 44.8 Å². The Bertz CT molecular complexity index is 166. The molecule has 0 aliphatic carbocycles. The van der Waals surface area contributed by atoms with Crippen molar-refractivity contribution < 1.29 is 19.0 Å². The predicted molar refractivity (Wildman–Crippen MR) is 64.5 cm³/mol. The molecule has 0 saturated heterocycles. The second-order valence-corrected chi connectivity index (χ2v) is 4.16. The molecule has 0 rings (SSSR count). The zero-order valence-corrected chi connectivity index (χ0v) is 11.9. The lowest BCUT2D eigenvalue weighted by Crippen LogP contribution is -2.22. The molecule has 0 aliphatic heterocycles. The van der Waals surface area contributed by atoms with Gasteiger partial charge in [0.1, 0.15) is 0 Å². The van der Waals surface area contributed by atoms with Crippen molar-refractivity contribution in [2.24, 2.45) is 0 Å². The van der Waals surface area contributed by atoms with Crippen LogP contribution >= 0.6 is 31.9 Å². The average Bonchev–Trinajstić information content (AvgIpc) is 2.20.